The number of phosphoric ester groups is 1. The maximum atomic E-state index is 11.9. The minimum atomic E-state index is -4.11. The van der Waals surface area contributed by atoms with E-state index in [4.69, 9.17) is 19.5 Å². The molecule has 1 aromatic heterocycles. The second-order valence-electron chi connectivity index (χ2n) is 5.82. The van der Waals surface area contributed by atoms with Gasteiger partial charge in [0.25, 0.3) is 0 Å². The number of hydrogen-bond acceptors (Lipinski definition) is 7. The third-order valence-electron chi connectivity index (χ3n) is 3.35. The summed E-state index contributed by atoms with van der Waals surface area (Å²) in [6, 6.07) is 1.51. The molecule has 3 N–H and O–H groups in total. The van der Waals surface area contributed by atoms with Gasteiger partial charge in [0, 0.05) is 12.1 Å². The highest BCUT2D eigenvalue weighted by Gasteiger charge is 2.36. The van der Waals surface area contributed by atoms with Crippen molar-refractivity contribution in [2.75, 3.05) is 12.3 Å². The molecular weight excluding hydrogens is 325 g/mol. The number of ether oxygens (including phenoxy) is 1. The minimum absolute atomic E-state index is 0.0100. The van der Waals surface area contributed by atoms with E-state index in [1.165, 1.54) is 16.8 Å². The highest BCUT2D eigenvalue weighted by Crippen LogP contribution is 2.45. The van der Waals surface area contributed by atoms with Gasteiger partial charge in [-0.15, -0.1) is 0 Å². The predicted octanol–water partition coefficient (Wildman–Crippen LogP) is 1.29. The van der Waals surface area contributed by atoms with E-state index < -0.39 is 31.9 Å². The Hall–Kier alpha value is -1.25. The van der Waals surface area contributed by atoms with Crippen molar-refractivity contribution in [1.29, 1.82) is 0 Å². The zero-order valence-electron chi connectivity index (χ0n) is 13.3. The molecule has 130 valence electrons. The van der Waals surface area contributed by atoms with Crippen LogP contribution in [0.4, 0.5) is 5.82 Å². The van der Waals surface area contributed by atoms with Gasteiger partial charge in [0.2, 0.25) is 0 Å². The molecule has 1 saturated heterocycles. The van der Waals surface area contributed by atoms with Gasteiger partial charge < -0.3 is 15.4 Å². The van der Waals surface area contributed by atoms with Gasteiger partial charge in [-0.25, -0.2) is 9.36 Å². The highest BCUT2D eigenvalue weighted by atomic mass is 31.2. The average Bonchev–Trinajstić information content (AvgIpc) is 2.76. The molecule has 23 heavy (non-hydrogen) atoms. The maximum Gasteiger partial charge on any atom is 0.472 e. The number of anilines is 1. The molecular formula is C13H22N3O6P. The van der Waals surface area contributed by atoms with E-state index in [0.29, 0.717) is 6.42 Å². The van der Waals surface area contributed by atoms with Gasteiger partial charge in [0.15, 0.2) is 0 Å². The Morgan fingerprint density at radius 3 is 2.91 bits per heavy atom. The smallest absolute Gasteiger partial charge is 0.383 e. The van der Waals surface area contributed by atoms with Crippen LogP contribution in [0.15, 0.2) is 17.1 Å². The third kappa shape index (κ3) is 4.86. The molecule has 4 atom stereocenters. The van der Waals surface area contributed by atoms with E-state index in [-0.39, 0.29) is 18.3 Å². The van der Waals surface area contributed by atoms with Gasteiger partial charge in [0.05, 0.1) is 18.8 Å². The number of rotatable bonds is 6. The van der Waals surface area contributed by atoms with Crippen molar-refractivity contribution < 1.29 is 23.2 Å². The number of nitrogens with two attached hydrogens (primary N) is 1. The first-order chi connectivity index (χ1) is 10.7. The summed E-state index contributed by atoms with van der Waals surface area (Å²) in [5.41, 5.74) is 4.96. The summed E-state index contributed by atoms with van der Waals surface area (Å²) in [6.45, 7) is 5.09. The van der Waals surface area contributed by atoms with Crippen molar-refractivity contribution in [3.05, 3.63) is 22.7 Å². The molecule has 10 heteroatoms. The van der Waals surface area contributed by atoms with Crippen molar-refractivity contribution >= 4 is 13.6 Å². The van der Waals surface area contributed by atoms with Crippen molar-refractivity contribution in [3.8, 4) is 0 Å². The number of hydrogen-bond donors (Lipinski definition) is 2. The number of phosphoric acid groups is 1. The fourth-order valence-electron chi connectivity index (χ4n) is 2.46. The van der Waals surface area contributed by atoms with Gasteiger partial charge in [0.1, 0.15) is 12.0 Å². The second kappa shape index (κ2) is 7.11. The second-order valence-corrected chi connectivity index (χ2v) is 7.23. The first kappa shape index (κ1) is 18.1. The minimum Gasteiger partial charge on any atom is -0.383 e. The van der Waals surface area contributed by atoms with Crippen LogP contribution < -0.4 is 11.4 Å². The summed E-state index contributed by atoms with van der Waals surface area (Å²) in [5.74, 6) is 0.152. The topological polar surface area (TPSA) is 126 Å². The van der Waals surface area contributed by atoms with E-state index in [1.54, 1.807) is 13.8 Å². The van der Waals surface area contributed by atoms with Gasteiger partial charge in [-0.3, -0.25) is 13.6 Å². The van der Waals surface area contributed by atoms with Crippen LogP contribution in [0.5, 0.6) is 0 Å². The summed E-state index contributed by atoms with van der Waals surface area (Å²) < 4.78 is 28.6. The van der Waals surface area contributed by atoms with Gasteiger partial charge in [-0.2, -0.15) is 4.98 Å². The Kier molecular flexibility index (Phi) is 5.59. The van der Waals surface area contributed by atoms with Crippen LogP contribution in [0, 0.1) is 5.92 Å². The molecule has 1 aliphatic rings. The number of nitrogens with zero attached hydrogens (tertiary/aromatic N) is 2. The highest BCUT2D eigenvalue weighted by molar-refractivity contribution is 7.47. The summed E-state index contributed by atoms with van der Waals surface area (Å²) in [6.07, 6.45) is 0.724. The summed E-state index contributed by atoms with van der Waals surface area (Å²) in [4.78, 5) is 25.1. The molecule has 4 unspecified atom stereocenters. The third-order valence-corrected chi connectivity index (χ3v) is 4.51. The predicted molar refractivity (Wildman–Crippen MR) is 82.6 cm³/mol. The molecule has 0 aromatic carbocycles. The molecule has 9 nitrogen and oxygen atoms in total. The molecule has 0 amide bonds. The monoisotopic (exact) mass is 347 g/mol. The largest absolute Gasteiger partial charge is 0.472 e. The molecule has 0 bridgehead atoms. The molecule has 0 saturated carbocycles. The molecule has 2 heterocycles. The fraction of sp³-hybridized carbons (Fsp3) is 0.692. The molecule has 1 aromatic rings. The summed E-state index contributed by atoms with van der Waals surface area (Å²) in [5, 5.41) is 0. The average molecular weight is 347 g/mol. The first-order valence-corrected chi connectivity index (χ1v) is 8.83. The van der Waals surface area contributed by atoms with Crippen molar-refractivity contribution in [1.82, 2.24) is 9.55 Å². The lowest BCUT2D eigenvalue weighted by Gasteiger charge is -2.19. The Morgan fingerprint density at radius 2 is 2.30 bits per heavy atom. The zero-order valence-corrected chi connectivity index (χ0v) is 14.2. The van der Waals surface area contributed by atoms with Crippen LogP contribution in [0.1, 0.15) is 33.4 Å². The van der Waals surface area contributed by atoms with Crippen molar-refractivity contribution in [2.45, 2.75) is 45.6 Å². The Balaban J connectivity index is 1.99. The molecule has 0 radical (unpaired) electrons. The zero-order chi connectivity index (χ0) is 17.2. The standard InChI is InChI=1S/C13H22N3O6P/c1-8(2)22-23(18,19)20-7-10-6-9(3)12(21-10)16-5-4-11(14)15-13(16)17/h4-5,8-10,12H,6-7H2,1-3H3,(H,18,19)(H2,14,15,17). The van der Waals surface area contributed by atoms with Crippen LogP contribution in [-0.2, 0) is 18.3 Å². The first-order valence-electron chi connectivity index (χ1n) is 7.34. The van der Waals surface area contributed by atoms with E-state index in [1.807, 2.05) is 6.92 Å². The van der Waals surface area contributed by atoms with E-state index in [2.05, 4.69) is 4.98 Å². The number of nitrogen functional groups attached to an aromatic ring is 1. The van der Waals surface area contributed by atoms with Gasteiger partial charge in [-0.05, 0) is 26.3 Å². The Labute approximate surface area is 134 Å². The van der Waals surface area contributed by atoms with Crippen LogP contribution in [0.3, 0.4) is 0 Å². The van der Waals surface area contributed by atoms with Crippen LogP contribution >= 0.6 is 7.82 Å². The van der Waals surface area contributed by atoms with Gasteiger partial charge >= 0.3 is 13.5 Å². The maximum absolute atomic E-state index is 11.9. The van der Waals surface area contributed by atoms with Crippen molar-refractivity contribution in [3.63, 3.8) is 0 Å². The lowest BCUT2D eigenvalue weighted by molar-refractivity contribution is -0.0354. The SMILES string of the molecule is CC(C)OP(=O)(O)OCC1CC(C)C(n2ccc(N)nc2=O)O1. The molecule has 2 rings (SSSR count). The van der Waals surface area contributed by atoms with Crippen LogP contribution in [0.2, 0.25) is 0 Å². The lowest BCUT2D eigenvalue weighted by atomic mass is 10.1. The molecule has 0 spiro atoms. The van der Waals surface area contributed by atoms with Crippen molar-refractivity contribution in [2.24, 2.45) is 5.92 Å². The summed E-state index contributed by atoms with van der Waals surface area (Å²) >= 11 is 0. The van der Waals surface area contributed by atoms with E-state index in [0.717, 1.165) is 0 Å². The molecule has 0 aliphatic carbocycles. The van der Waals surface area contributed by atoms with Crippen LogP contribution in [-0.4, -0.2) is 33.3 Å². The normalized spacial score (nSPS) is 27.3. The van der Waals surface area contributed by atoms with Crippen LogP contribution in [0.25, 0.3) is 0 Å². The molecule has 1 fully saturated rings. The summed E-state index contributed by atoms with van der Waals surface area (Å²) in [7, 11) is -4.11. The quantitative estimate of drug-likeness (QED) is 0.737. The van der Waals surface area contributed by atoms with E-state index >= 15 is 0 Å². The van der Waals surface area contributed by atoms with Gasteiger partial charge in [-0.1, -0.05) is 6.92 Å². The number of aromatic nitrogens is 2. The van der Waals surface area contributed by atoms with E-state index in [9.17, 15) is 14.3 Å². The Morgan fingerprint density at radius 1 is 1.61 bits per heavy atom. The Bertz CT molecular complexity index is 649. The fourth-order valence-corrected chi connectivity index (χ4v) is 3.41. The lowest BCUT2D eigenvalue weighted by Crippen LogP contribution is -2.29. The molecule has 1 aliphatic heterocycles.